The van der Waals surface area contributed by atoms with Crippen LogP contribution in [0.2, 0.25) is 0 Å². The van der Waals surface area contributed by atoms with Gasteiger partial charge in [-0.05, 0) is 133 Å². The normalized spacial score (nSPS) is 18.7. The molecule has 0 saturated carbocycles. The Kier molecular flexibility index (Phi) is 54.4. The maximum atomic E-state index is 13.8. The summed E-state index contributed by atoms with van der Waals surface area (Å²) in [6.45, 7) is 12.1. The first-order valence-electron chi connectivity index (χ1n) is 43.5. The molecule has 760 valence electrons. The first-order chi connectivity index (χ1) is 63.0. The average molecular weight is 1930 g/mol. The topological polar surface area (TPSA) is 937 Å². The van der Waals surface area contributed by atoms with E-state index in [-0.39, 0.29) is 69.9 Å². The van der Waals surface area contributed by atoms with Gasteiger partial charge in [0.15, 0.2) is 23.7 Å². The molecule has 1 aliphatic heterocycles. The Hall–Kier alpha value is -13.4. The van der Waals surface area contributed by atoms with E-state index in [2.05, 4.69) is 74.9 Å². The van der Waals surface area contributed by atoms with Gasteiger partial charge in [-0.15, -0.1) is 0 Å². The highest BCUT2D eigenvalue weighted by Gasteiger charge is 2.39. The number of unbranched alkanes of at least 4 members (excludes halogenated alkanes) is 1. The summed E-state index contributed by atoms with van der Waals surface area (Å²) < 4.78 is 0. The Morgan fingerprint density at radius 1 is 0.356 bits per heavy atom. The molecule has 1 saturated heterocycles. The molecule has 53 nitrogen and oxygen atoms in total. The second-order valence-corrected chi connectivity index (χ2v) is 32.9. The number of aliphatic hydroxyl groups excluding tert-OH is 19. The number of aliphatic carboxylic acids is 6. The van der Waals surface area contributed by atoms with E-state index in [0.29, 0.717) is 6.42 Å². The van der Waals surface area contributed by atoms with Crippen LogP contribution in [0.25, 0.3) is 0 Å². The van der Waals surface area contributed by atoms with Crippen molar-refractivity contribution in [1.29, 1.82) is 16.2 Å². The van der Waals surface area contributed by atoms with E-state index in [1.165, 1.54) is 27.7 Å². The van der Waals surface area contributed by atoms with Gasteiger partial charge < -0.3 is 144 Å². The smallest absolute Gasteiger partial charge is 0.328 e. The van der Waals surface area contributed by atoms with Crippen LogP contribution in [-0.4, -0.2) is 403 Å². The third-order valence-electron chi connectivity index (χ3n) is 20.2. The highest BCUT2D eigenvalue weighted by atomic mass is 16.4. The highest BCUT2D eigenvalue weighted by Crippen LogP contribution is 2.26. The number of aliphatic hydroxyl groups is 19. The van der Waals surface area contributed by atoms with Crippen LogP contribution in [0.4, 0.5) is 0 Å². The lowest BCUT2D eigenvalue weighted by Gasteiger charge is -2.27. The minimum absolute atomic E-state index is 0.000174. The molecule has 0 aliphatic carbocycles. The van der Waals surface area contributed by atoms with Crippen molar-refractivity contribution in [2.75, 3.05) is 26.2 Å². The molecule has 0 aromatic rings. The van der Waals surface area contributed by atoms with Crippen molar-refractivity contribution in [1.82, 2.24) is 4.90 Å². The molecule has 32 N–H and O–H groups in total. The number of rotatable bonds is 68. The van der Waals surface area contributed by atoms with Crippen molar-refractivity contribution < 1.29 is 161 Å². The predicted molar refractivity (Wildman–Crippen MR) is 501 cm³/mol. The van der Waals surface area contributed by atoms with Gasteiger partial charge in [-0.25, -0.2) is 79.7 Å². The molecule has 135 heavy (non-hydrogen) atoms. The predicted octanol–water partition coefficient (Wildman–Crippen LogP) is 7.10. The minimum atomic E-state index is -1.92. The number of nitrogens with two attached hydrogens (primary N) is 2. The Bertz CT molecular complexity index is 4420. The fraction of sp³-hybridized carbons (Fsp3) is 0.695. The highest BCUT2D eigenvalue weighted by molar-refractivity contribution is 5.98. The molecule has 0 aromatic heterocycles. The number of likely N-dealkylation sites (tertiary alicyclic amines) is 1. The summed E-state index contributed by atoms with van der Waals surface area (Å²) in [6, 6.07) is -24.9. The van der Waals surface area contributed by atoms with Gasteiger partial charge in [-0.2, -0.15) is 0 Å². The van der Waals surface area contributed by atoms with Crippen LogP contribution in [0.15, 0.2) is 74.9 Å². The monoisotopic (exact) mass is 1930 g/mol. The molecule has 1 heterocycles. The molecule has 0 radical (unpaired) electrons. The fourth-order valence-electron chi connectivity index (χ4n) is 12.7. The standard InChI is InChI=1S/C82H135N21O32/c1-10-41(8)67(80(132)97-48(21-29-62(114)115)71(123)94-45(16-24-55(84)105)69(121)92-43(14-11-12-32-83)68(120)93-46(17-25-56(85)106)72(124)100-53(35-39(4)5)76(128)99-51(82(134)135)18-26-57(86)107)102-73(125)44(19-27-60(110)111)90-58(108)37-89-79(131)66(40(6)7)101-74(126)49(22-30-63(116)117)95-70(122)47(20-28-61(112)113)96-75(127)52(34-38(2)3)91-59(109)36-88-77(129)54-15-13-33-103(54)81(133)50(23-31-64(118)119)98-78(130)65(87)42(9)104/h38-54,65-67,104H,10-37,83,87H2,1-9H3,(H2,84,105)(H2,85,106)(H2,86,107)(H,88,129)(H,89,131)(H,90,108)(H,91,109)(H,92,121)(H,93,120)(H,94,123)(H,95,122)(H,96,127)(H,97,132)(H,98,130)(H,99,128)(H,100,124)(H,101,126)(H,102,125)(H,110,111)(H,112,113)(H,114,115)(H,116,117)(H,118,119)(H,134,135). The number of carbonyl (C=O) groups excluding carboxylic acids is 1. The van der Waals surface area contributed by atoms with Gasteiger partial charge in [0, 0.05) is 57.9 Å². The molecule has 17 unspecified atom stereocenters. The van der Waals surface area contributed by atoms with E-state index >= 15 is 0 Å². The van der Waals surface area contributed by atoms with Gasteiger partial charge in [0.25, 0.3) is 0 Å². The van der Waals surface area contributed by atoms with E-state index < -0.39 is 372 Å². The van der Waals surface area contributed by atoms with Gasteiger partial charge in [0.2, 0.25) is 94.4 Å². The molecule has 1 rings (SSSR count). The Morgan fingerprint density at radius 2 is 0.659 bits per heavy atom. The fourth-order valence-corrected chi connectivity index (χ4v) is 12.7. The number of carboxylic acid groups (broad SMARTS) is 6. The summed E-state index contributed by atoms with van der Waals surface area (Å²) >= 11 is 0. The van der Waals surface area contributed by atoms with E-state index in [1.807, 2.05) is 0 Å². The lowest BCUT2D eigenvalue weighted by molar-refractivity contribution is -0.139. The van der Waals surface area contributed by atoms with Crippen molar-refractivity contribution >= 4 is 148 Å². The molecule has 1 amide bonds. The summed E-state index contributed by atoms with van der Waals surface area (Å²) in [4.78, 5) is 147. The second kappa shape index (κ2) is 61.4. The lowest BCUT2D eigenvalue weighted by Crippen LogP contribution is -2.47. The van der Waals surface area contributed by atoms with Gasteiger partial charge in [-0.1, -0.05) is 61.8 Å². The average Bonchev–Trinajstić information content (AvgIpc) is 1.70. The van der Waals surface area contributed by atoms with Gasteiger partial charge in [-0.3, -0.25) is 45.0 Å². The number of nitrogens with zero attached hydrogens (tertiary/aromatic N) is 16. The first kappa shape index (κ1) is 120. The van der Waals surface area contributed by atoms with Crippen molar-refractivity contribution in [2.45, 2.75) is 313 Å². The zero-order valence-corrected chi connectivity index (χ0v) is 76.7. The third kappa shape index (κ3) is 47.2. The molecule has 1 aliphatic rings. The molecule has 0 spiro atoms. The number of aliphatic imine (C=N–C) groups is 15. The van der Waals surface area contributed by atoms with E-state index in [1.54, 1.807) is 34.6 Å². The molecular formula is C82H135N21O32. The van der Waals surface area contributed by atoms with Crippen LogP contribution in [0, 0.1) is 39.9 Å². The number of hydrogen-bond donors (Lipinski definition) is 30. The van der Waals surface area contributed by atoms with Gasteiger partial charge in [0.1, 0.15) is 97.7 Å². The quantitative estimate of drug-likeness (QED) is 0.0164. The van der Waals surface area contributed by atoms with Crippen LogP contribution in [0.3, 0.4) is 0 Å². The zero-order chi connectivity index (χ0) is 103. The Labute approximate surface area is 776 Å². The summed E-state index contributed by atoms with van der Waals surface area (Å²) in [5, 5.41) is 292. The van der Waals surface area contributed by atoms with E-state index in [4.69, 9.17) is 27.7 Å². The van der Waals surface area contributed by atoms with Crippen LogP contribution in [0.5, 0.6) is 0 Å². The third-order valence-corrected chi connectivity index (χ3v) is 20.2. The summed E-state index contributed by atoms with van der Waals surface area (Å²) in [7, 11) is 0. The van der Waals surface area contributed by atoms with Crippen molar-refractivity contribution in [2.24, 2.45) is 110 Å². The summed E-state index contributed by atoms with van der Waals surface area (Å²) in [5.74, 6) is -29.7. The van der Waals surface area contributed by atoms with Crippen LogP contribution in [0.1, 0.15) is 216 Å². The van der Waals surface area contributed by atoms with Crippen molar-refractivity contribution in [3.63, 3.8) is 0 Å². The largest absolute Gasteiger partial charge is 0.497 e. The van der Waals surface area contributed by atoms with E-state index in [0.717, 1.165) is 4.90 Å². The van der Waals surface area contributed by atoms with Gasteiger partial charge in [0.05, 0.1) is 6.10 Å². The number of carbonyl (C=O) groups is 7. The number of amides is 1. The summed E-state index contributed by atoms with van der Waals surface area (Å²) in [6.07, 6.45) is -10.9. The SMILES string of the molecule is CCC(C)C(N=C(O)C(CCC(=O)O)N=C(O)CN=C(O)C(N=C(O)C(CCC(=O)O)N=C(O)C(CCC(=O)O)N=C(O)C(CC(C)C)N=C(O)CN=C(O)C1CCCN1C(=O)C(CCC(=O)O)N=C(O)C(N)C(C)O)C(C)C)C(O)=NC(CCC(=O)O)C(O)=NC(CCC(=N)O)C(O)=NC(CCCCN)C(O)=NC(CCC(=N)O)C(O)=NC(CC(C)C)C(O)=NC(CCC(=N)O)C(=O)O. The van der Waals surface area contributed by atoms with Crippen molar-refractivity contribution in [3.8, 4) is 0 Å². The van der Waals surface area contributed by atoms with Crippen LogP contribution < -0.4 is 11.5 Å². The van der Waals surface area contributed by atoms with Crippen LogP contribution >= 0.6 is 0 Å². The lowest BCUT2D eigenvalue weighted by atomic mass is 9.99. The van der Waals surface area contributed by atoms with E-state index in [9.17, 15) is 161 Å². The maximum absolute atomic E-state index is 13.8. The zero-order valence-electron chi connectivity index (χ0n) is 76.7. The number of carboxylic acids is 6. The second-order valence-electron chi connectivity index (χ2n) is 32.9. The van der Waals surface area contributed by atoms with Gasteiger partial charge >= 0.3 is 35.8 Å². The summed E-state index contributed by atoms with van der Waals surface area (Å²) in [5.41, 5.74) is 11.5. The molecule has 1 fully saturated rings. The number of hydrogen-bond acceptors (Lipinski definition) is 28. The first-order valence-corrected chi connectivity index (χ1v) is 43.5. The van der Waals surface area contributed by atoms with Crippen LogP contribution in [-0.2, 0) is 33.6 Å². The Morgan fingerprint density at radius 3 is 1.01 bits per heavy atom. The molecule has 53 heteroatoms. The molecular weight excluding hydrogens is 1790 g/mol. The Balaban J connectivity index is 4.20. The van der Waals surface area contributed by atoms with Crippen molar-refractivity contribution in [3.05, 3.63) is 0 Å². The molecule has 0 bridgehead atoms. The maximum Gasteiger partial charge on any atom is 0.328 e. The molecule has 0 aromatic carbocycles. The number of nitrogens with one attached hydrogen (secondary N) is 3. The molecule has 17 atom stereocenters. The minimum Gasteiger partial charge on any atom is -0.497 e.